The van der Waals surface area contributed by atoms with Gasteiger partial charge >= 0.3 is 0 Å². The number of nitrogens with two attached hydrogens (primary N) is 1. The molecule has 5 rings (SSSR count). The number of hydrogen-bond donors (Lipinski definition) is 2. The molecule has 1 aliphatic heterocycles. The summed E-state index contributed by atoms with van der Waals surface area (Å²) in [6, 6.07) is 9.76. The van der Waals surface area contributed by atoms with Gasteiger partial charge in [-0.05, 0) is 36.1 Å². The van der Waals surface area contributed by atoms with Crippen molar-refractivity contribution in [2.24, 2.45) is 5.92 Å². The van der Waals surface area contributed by atoms with Crippen molar-refractivity contribution < 1.29 is 9.53 Å². The van der Waals surface area contributed by atoms with Crippen LogP contribution in [0.1, 0.15) is 26.7 Å². The quantitative estimate of drug-likeness (QED) is 0.389. The molecule has 1 aliphatic rings. The standard InChI is InChI=1S/C27H30N8O2/c1-17(2)6-7-23(36)32-21-5-3-4-18(12-21)19-13-22-24(29-14-19)26(35-8-10-37-11-9-35)34-25(33-22)20-15-30-27(28)31-16-20/h3-5,12-17H,6-11H2,1-2H3,(H,32,36)(H2,28,30,31). The molecule has 37 heavy (non-hydrogen) atoms. The third kappa shape index (κ3) is 5.80. The number of fused-ring (bicyclic) bond motifs is 1. The molecule has 3 N–H and O–H groups in total. The van der Waals surface area contributed by atoms with E-state index in [-0.39, 0.29) is 11.9 Å². The lowest BCUT2D eigenvalue weighted by Crippen LogP contribution is -2.37. The van der Waals surface area contributed by atoms with Crippen LogP contribution in [0.4, 0.5) is 17.5 Å². The smallest absolute Gasteiger partial charge is 0.224 e. The van der Waals surface area contributed by atoms with Crippen LogP contribution in [0.15, 0.2) is 48.9 Å². The molecule has 1 aromatic carbocycles. The number of pyridine rings is 1. The molecular formula is C27H30N8O2. The molecular weight excluding hydrogens is 468 g/mol. The molecule has 0 spiro atoms. The Morgan fingerprint density at radius 3 is 2.54 bits per heavy atom. The summed E-state index contributed by atoms with van der Waals surface area (Å²) >= 11 is 0. The number of amides is 1. The predicted octanol–water partition coefficient (Wildman–Crippen LogP) is 3.94. The van der Waals surface area contributed by atoms with Gasteiger partial charge in [0.05, 0.1) is 24.3 Å². The van der Waals surface area contributed by atoms with Gasteiger partial charge in [-0.15, -0.1) is 0 Å². The number of hydrogen-bond acceptors (Lipinski definition) is 9. The van der Waals surface area contributed by atoms with Gasteiger partial charge in [-0.25, -0.2) is 19.9 Å². The second-order valence-electron chi connectivity index (χ2n) is 9.45. The first-order chi connectivity index (χ1) is 18.0. The van der Waals surface area contributed by atoms with Crippen LogP contribution in [-0.4, -0.2) is 57.1 Å². The van der Waals surface area contributed by atoms with Gasteiger partial charge < -0.3 is 20.7 Å². The predicted molar refractivity (Wildman–Crippen MR) is 144 cm³/mol. The number of aromatic nitrogens is 5. The van der Waals surface area contributed by atoms with E-state index in [1.807, 2.05) is 36.5 Å². The molecule has 1 saturated heterocycles. The number of anilines is 3. The van der Waals surface area contributed by atoms with Crippen molar-refractivity contribution in [3.63, 3.8) is 0 Å². The minimum absolute atomic E-state index is 0.0146. The molecule has 190 valence electrons. The van der Waals surface area contributed by atoms with Gasteiger partial charge in [0.2, 0.25) is 11.9 Å². The maximum atomic E-state index is 12.3. The third-order valence-corrected chi connectivity index (χ3v) is 6.19. The van der Waals surface area contributed by atoms with E-state index in [9.17, 15) is 4.79 Å². The molecule has 10 heteroatoms. The second-order valence-corrected chi connectivity index (χ2v) is 9.45. The zero-order valence-electron chi connectivity index (χ0n) is 21.0. The highest BCUT2D eigenvalue weighted by Crippen LogP contribution is 2.30. The van der Waals surface area contributed by atoms with Crippen molar-refractivity contribution in [3.8, 4) is 22.5 Å². The van der Waals surface area contributed by atoms with E-state index >= 15 is 0 Å². The number of nitrogen functional groups attached to an aromatic ring is 1. The van der Waals surface area contributed by atoms with E-state index < -0.39 is 0 Å². The molecule has 0 atom stereocenters. The summed E-state index contributed by atoms with van der Waals surface area (Å²) in [4.78, 5) is 37.1. The van der Waals surface area contributed by atoms with Gasteiger partial charge in [-0.2, -0.15) is 0 Å². The molecule has 0 aliphatic carbocycles. The van der Waals surface area contributed by atoms with Crippen LogP contribution in [0.25, 0.3) is 33.5 Å². The number of nitrogens with one attached hydrogen (secondary N) is 1. The molecule has 0 bridgehead atoms. The monoisotopic (exact) mass is 498 g/mol. The van der Waals surface area contributed by atoms with Crippen LogP contribution in [0.2, 0.25) is 0 Å². The summed E-state index contributed by atoms with van der Waals surface area (Å²) in [6.45, 7) is 6.90. The van der Waals surface area contributed by atoms with Crippen molar-refractivity contribution >= 4 is 34.4 Å². The fraction of sp³-hybridized carbons (Fsp3) is 0.333. The summed E-state index contributed by atoms with van der Waals surface area (Å²) in [7, 11) is 0. The molecule has 3 aromatic heterocycles. The summed E-state index contributed by atoms with van der Waals surface area (Å²) < 4.78 is 5.53. The number of nitrogens with zero attached hydrogens (tertiary/aromatic N) is 6. The number of morpholine rings is 1. The van der Waals surface area contributed by atoms with Gasteiger partial charge in [-0.1, -0.05) is 26.0 Å². The molecule has 1 amide bonds. The van der Waals surface area contributed by atoms with Gasteiger partial charge in [0.1, 0.15) is 5.52 Å². The number of ether oxygens (including phenoxy) is 1. The van der Waals surface area contributed by atoms with E-state index in [4.69, 9.17) is 25.4 Å². The Morgan fingerprint density at radius 2 is 1.78 bits per heavy atom. The van der Waals surface area contributed by atoms with Crippen molar-refractivity contribution in [2.45, 2.75) is 26.7 Å². The third-order valence-electron chi connectivity index (χ3n) is 6.19. The SMILES string of the molecule is CC(C)CCC(=O)Nc1cccc(-c2cnc3c(N4CCOCC4)nc(-c4cnc(N)nc4)nc3c2)c1. The molecule has 0 radical (unpaired) electrons. The normalized spacial score (nSPS) is 13.8. The van der Waals surface area contributed by atoms with Crippen molar-refractivity contribution in [1.29, 1.82) is 0 Å². The minimum atomic E-state index is 0.0146. The number of benzene rings is 1. The number of rotatable bonds is 7. The largest absolute Gasteiger partial charge is 0.378 e. The molecule has 0 saturated carbocycles. The summed E-state index contributed by atoms with van der Waals surface area (Å²) in [5.74, 6) is 1.94. The van der Waals surface area contributed by atoms with E-state index in [1.54, 1.807) is 12.4 Å². The second kappa shape index (κ2) is 10.8. The lowest BCUT2D eigenvalue weighted by Gasteiger charge is -2.28. The van der Waals surface area contributed by atoms with E-state index in [0.29, 0.717) is 61.1 Å². The highest BCUT2D eigenvalue weighted by atomic mass is 16.5. The lowest BCUT2D eigenvalue weighted by atomic mass is 10.1. The maximum absolute atomic E-state index is 12.3. The highest BCUT2D eigenvalue weighted by molar-refractivity contribution is 5.93. The first-order valence-corrected chi connectivity index (χ1v) is 12.4. The van der Waals surface area contributed by atoms with Crippen LogP contribution in [0.5, 0.6) is 0 Å². The van der Waals surface area contributed by atoms with Gasteiger partial charge in [0.25, 0.3) is 0 Å². The Hall–Kier alpha value is -4.18. The zero-order chi connectivity index (χ0) is 25.8. The fourth-order valence-electron chi connectivity index (χ4n) is 4.16. The van der Waals surface area contributed by atoms with E-state index in [0.717, 1.165) is 29.1 Å². The van der Waals surface area contributed by atoms with Crippen LogP contribution in [0.3, 0.4) is 0 Å². The van der Waals surface area contributed by atoms with E-state index in [2.05, 4.69) is 34.0 Å². The van der Waals surface area contributed by atoms with Gasteiger partial charge in [0.15, 0.2) is 11.6 Å². The fourth-order valence-corrected chi connectivity index (χ4v) is 4.16. The molecule has 10 nitrogen and oxygen atoms in total. The molecule has 1 fully saturated rings. The Labute approximate surface area is 215 Å². The summed E-state index contributed by atoms with van der Waals surface area (Å²) in [5, 5.41) is 3.00. The zero-order valence-corrected chi connectivity index (χ0v) is 21.0. The van der Waals surface area contributed by atoms with E-state index in [1.165, 1.54) is 0 Å². The van der Waals surface area contributed by atoms with Crippen molar-refractivity contribution in [2.75, 3.05) is 42.3 Å². The van der Waals surface area contributed by atoms with Crippen LogP contribution >= 0.6 is 0 Å². The van der Waals surface area contributed by atoms with Crippen LogP contribution in [-0.2, 0) is 9.53 Å². The average Bonchev–Trinajstić information content (AvgIpc) is 2.92. The average molecular weight is 499 g/mol. The summed E-state index contributed by atoms with van der Waals surface area (Å²) in [6.07, 6.45) is 6.41. The Kier molecular flexibility index (Phi) is 7.18. The lowest BCUT2D eigenvalue weighted by molar-refractivity contribution is -0.116. The molecule has 0 unspecified atom stereocenters. The maximum Gasteiger partial charge on any atom is 0.224 e. The number of carbonyl (C=O) groups excluding carboxylic acids is 1. The number of carbonyl (C=O) groups is 1. The Morgan fingerprint density at radius 1 is 1.03 bits per heavy atom. The molecule has 4 aromatic rings. The van der Waals surface area contributed by atoms with Crippen molar-refractivity contribution in [1.82, 2.24) is 24.9 Å². The molecule has 4 heterocycles. The van der Waals surface area contributed by atoms with Crippen LogP contribution < -0.4 is 16.0 Å². The minimum Gasteiger partial charge on any atom is -0.378 e. The van der Waals surface area contributed by atoms with Crippen molar-refractivity contribution in [3.05, 3.63) is 48.9 Å². The Balaban J connectivity index is 1.52. The first kappa shape index (κ1) is 24.5. The van der Waals surface area contributed by atoms with Gasteiger partial charge in [-0.3, -0.25) is 9.78 Å². The highest BCUT2D eigenvalue weighted by Gasteiger charge is 2.20. The topological polar surface area (TPSA) is 132 Å². The Bertz CT molecular complexity index is 1400. The van der Waals surface area contributed by atoms with Crippen LogP contribution in [0, 0.1) is 5.92 Å². The first-order valence-electron chi connectivity index (χ1n) is 12.4. The summed E-state index contributed by atoms with van der Waals surface area (Å²) in [5.41, 5.74) is 10.3. The van der Waals surface area contributed by atoms with Gasteiger partial charge in [0, 0.05) is 49.4 Å².